The van der Waals surface area contributed by atoms with E-state index in [4.69, 9.17) is 9.47 Å². The molecule has 0 bridgehead atoms. The molecule has 1 aromatic carbocycles. The van der Waals surface area contributed by atoms with E-state index in [1.807, 2.05) is 12.1 Å². The SMILES string of the molecule is COC(=O)[C@@H]1[C@H](c2ccc(OC)c(OC)c2)C1(C#N)C#N. The lowest BCUT2D eigenvalue weighted by atomic mass is 10.0. The van der Waals surface area contributed by atoms with E-state index in [2.05, 4.69) is 4.74 Å². The van der Waals surface area contributed by atoms with Gasteiger partial charge in [-0.1, -0.05) is 6.07 Å². The first-order chi connectivity index (χ1) is 10.1. The van der Waals surface area contributed by atoms with Crippen molar-refractivity contribution in [1.29, 1.82) is 10.5 Å². The van der Waals surface area contributed by atoms with Gasteiger partial charge in [0.2, 0.25) is 0 Å². The van der Waals surface area contributed by atoms with E-state index in [1.165, 1.54) is 21.3 Å². The lowest BCUT2D eigenvalue weighted by Crippen LogP contribution is -2.09. The third-order valence-electron chi connectivity index (χ3n) is 3.80. The van der Waals surface area contributed by atoms with Gasteiger partial charge in [-0.05, 0) is 17.7 Å². The number of hydrogen-bond acceptors (Lipinski definition) is 6. The molecule has 0 amide bonds. The molecule has 1 aromatic rings. The zero-order chi connectivity index (χ0) is 15.6. The van der Waals surface area contributed by atoms with Crippen molar-refractivity contribution in [2.24, 2.45) is 11.3 Å². The van der Waals surface area contributed by atoms with Crippen LogP contribution in [0.2, 0.25) is 0 Å². The van der Waals surface area contributed by atoms with Crippen molar-refractivity contribution in [2.75, 3.05) is 21.3 Å². The van der Waals surface area contributed by atoms with Gasteiger partial charge < -0.3 is 14.2 Å². The predicted octanol–water partition coefficient (Wildman–Crippen LogP) is 1.62. The van der Waals surface area contributed by atoms with E-state index < -0.39 is 23.2 Å². The van der Waals surface area contributed by atoms with Crippen LogP contribution in [-0.4, -0.2) is 27.3 Å². The molecule has 6 heteroatoms. The second kappa shape index (κ2) is 5.34. The summed E-state index contributed by atoms with van der Waals surface area (Å²) in [5, 5.41) is 18.6. The number of hydrogen-bond donors (Lipinski definition) is 0. The van der Waals surface area contributed by atoms with Gasteiger partial charge in [0.15, 0.2) is 16.9 Å². The summed E-state index contributed by atoms with van der Waals surface area (Å²) in [6.07, 6.45) is 0. The lowest BCUT2D eigenvalue weighted by molar-refractivity contribution is -0.142. The molecule has 0 spiro atoms. The Morgan fingerprint density at radius 2 is 1.76 bits per heavy atom. The van der Waals surface area contributed by atoms with E-state index in [0.29, 0.717) is 17.1 Å². The second-order valence-electron chi connectivity index (χ2n) is 4.69. The smallest absolute Gasteiger partial charge is 0.312 e. The molecule has 0 unspecified atom stereocenters. The highest BCUT2D eigenvalue weighted by Crippen LogP contribution is 2.65. The highest BCUT2D eigenvalue weighted by molar-refractivity contribution is 5.82. The van der Waals surface area contributed by atoms with E-state index in [0.717, 1.165) is 0 Å². The maximum Gasteiger partial charge on any atom is 0.312 e. The van der Waals surface area contributed by atoms with Gasteiger partial charge in [0.1, 0.15) is 0 Å². The predicted molar refractivity (Wildman–Crippen MR) is 71.5 cm³/mol. The number of nitrogens with zero attached hydrogens (tertiary/aromatic N) is 2. The fourth-order valence-corrected chi connectivity index (χ4v) is 2.64. The number of ether oxygens (including phenoxy) is 3. The van der Waals surface area contributed by atoms with Crippen molar-refractivity contribution < 1.29 is 19.0 Å². The molecule has 0 aliphatic heterocycles. The Hall–Kier alpha value is -2.73. The molecule has 1 aliphatic carbocycles. The first-order valence-corrected chi connectivity index (χ1v) is 6.21. The van der Waals surface area contributed by atoms with Crippen LogP contribution in [0.3, 0.4) is 0 Å². The fourth-order valence-electron chi connectivity index (χ4n) is 2.64. The number of methoxy groups -OCH3 is 3. The summed E-state index contributed by atoms with van der Waals surface area (Å²) in [7, 11) is 4.25. The van der Waals surface area contributed by atoms with Crippen LogP contribution in [0.25, 0.3) is 0 Å². The molecule has 1 fully saturated rings. The number of benzene rings is 1. The summed E-state index contributed by atoms with van der Waals surface area (Å²) in [5.41, 5.74) is -0.710. The Morgan fingerprint density at radius 3 is 2.24 bits per heavy atom. The molecule has 108 valence electrons. The Morgan fingerprint density at radius 1 is 1.14 bits per heavy atom. The van der Waals surface area contributed by atoms with Crippen molar-refractivity contribution in [3.8, 4) is 23.6 Å². The normalized spacial score (nSPS) is 21.6. The van der Waals surface area contributed by atoms with E-state index in [1.54, 1.807) is 18.2 Å². The summed E-state index contributed by atoms with van der Waals surface area (Å²) >= 11 is 0. The molecule has 21 heavy (non-hydrogen) atoms. The minimum Gasteiger partial charge on any atom is -0.493 e. The molecule has 6 nitrogen and oxygen atoms in total. The van der Waals surface area contributed by atoms with Crippen LogP contribution in [0.4, 0.5) is 0 Å². The number of rotatable bonds is 4. The average Bonchev–Trinajstić information content (AvgIpc) is 3.22. The van der Waals surface area contributed by atoms with Gasteiger partial charge >= 0.3 is 5.97 Å². The van der Waals surface area contributed by atoms with Gasteiger partial charge in [0, 0.05) is 5.92 Å². The van der Waals surface area contributed by atoms with Gasteiger partial charge in [-0.15, -0.1) is 0 Å². The second-order valence-corrected chi connectivity index (χ2v) is 4.69. The maximum atomic E-state index is 11.8. The summed E-state index contributed by atoms with van der Waals surface area (Å²) in [6.45, 7) is 0. The van der Waals surface area contributed by atoms with E-state index >= 15 is 0 Å². The highest BCUT2D eigenvalue weighted by atomic mass is 16.5. The maximum absolute atomic E-state index is 11.8. The van der Waals surface area contributed by atoms with Gasteiger partial charge in [0.25, 0.3) is 0 Å². The number of carbonyl (C=O) groups is 1. The Labute approximate surface area is 122 Å². The minimum atomic E-state index is -1.38. The van der Waals surface area contributed by atoms with E-state index in [-0.39, 0.29) is 0 Å². The number of esters is 1. The summed E-state index contributed by atoms with van der Waals surface area (Å²) < 4.78 is 15.0. The van der Waals surface area contributed by atoms with Gasteiger partial charge in [-0.3, -0.25) is 4.79 Å². The highest BCUT2D eigenvalue weighted by Gasteiger charge is 2.71. The van der Waals surface area contributed by atoms with Gasteiger partial charge in [-0.2, -0.15) is 10.5 Å². The summed E-state index contributed by atoms with van der Waals surface area (Å²) in [4.78, 5) is 11.8. The van der Waals surface area contributed by atoms with E-state index in [9.17, 15) is 15.3 Å². The van der Waals surface area contributed by atoms with Crippen molar-refractivity contribution in [1.82, 2.24) is 0 Å². The molecule has 0 heterocycles. The molecule has 1 aliphatic rings. The monoisotopic (exact) mass is 286 g/mol. The van der Waals surface area contributed by atoms with Crippen molar-refractivity contribution in [3.63, 3.8) is 0 Å². The molecule has 2 rings (SSSR count). The first kappa shape index (κ1) is 14.7. The lowest BCUT2D eigenvalue weighted by Gasteiger charge is -2.09. The van der Waals surface area contributed by atoms with Crippen molar-refractivity contribution >= 4 is 5.97 Å². The third-order valence-corrected chi connectivity index (χ3v) is 3.80. The van der Waals surface area contributed by atoms with Crippen LogP contribution in [-0.2, 0) is 9.53 Å². The zero-order valence-electron chi connectivity index (χ0n) is 11.9. The minimum absolute atomic E-state index is 0.482. The van der Waals surface area contributed by atoms with Crippen LogP contribution in [0, 0.1) is 34.0 Å². The Bertz CT molecular complexity index is 643. The Balaban J connectivity index is 2.45. The van der Waals surface area contributed by atoms with Crippen molar-refractivity contribution in [2.45, 2.75) is 5.92 Å². The topological polar surface area (TPSA) is 92.3 Å². The molecular weight excluding hydrogens is 272 g/mol. The quantitative estimate of drug-likeness (QED) is 0.781. The number of nitriles is 2. The van der Waals surface area contributed by atoms with Gasteiger partial charge in [0.05, 0.1) is 39.4 Å². The molecular formula is C15H14N2O4. The fraction of sp³-hybridized carbons (Fsp3) is 0.400. The molecule has 2 atom stereocenters. The molecule has 1 saturated carbocycles. The van der Waals surface area contributed by atoms with Crippen LogP contribution in [0.15, 0.2) is 18.2 Å². The number of carbonyl (C=O) groups excluding carboxylic acids is 1. The summed E-state index contributed by atoms with van der Waals surface area (Å²) in [6, 6.07) is 8.97. The van der Waals surface area contributed by atoms with Crippen LogP contribution >= 0.6 is 0 Å². The molecule has 0 aromatic heterocycles. The van der Waals surface area contributed by atoms with Gasteiger partial charge in [-0.25, -0.2) is 0 Å². The average molecular weight is 286 g/mol. The zero-order valence-corrected chi connectivity index (χ0v) is 11.9. The van der Waals surface area contributed by atoms with Crippen LogP contribution in [0.1, 0.15) is 11.5 Å². The molecule has 0 saturated heterocycles. The summed E-state index contributed by atoms with van der Waals surface area (Å²) in [5.74, 6) is -0.848. The third kappa shape index (κ3) is 2.05. The Kier molecular flexibility index (Phi) is 3.73. The molecule has 0 N–H and O–H groups in total. The standard InChI is InChI=1S/C15H14N2O4/c1-19-10-5-4-9(6-11(10)20-2)12-13(14(18)21-3)15(12,7-16)8-17/h4-6,12-13H,1-3H3/t12-,13-/m0/s1. The van der Waals surface area contributed by atoms with Crippen LogP contribution < -0.4 is 9.47 Å². The molecule has 0 radical (unpaired) electrons. The van der Waals surface area contributed by atoms with Crippen molar-refractivity contribution in [3.05, 3.63) is 23.8 Å². The largest absolute Gasteiger partial charge is 0.493 e. The van der Waals surface area contributed by atoms with Crippen LogP contribution in [0.5, 0.6) is 11.5 Å². The first-order valence-electron chi connectivity index (χ1n) is 6.21.